The van der Waals surface area contributed by atoms with Gasteiger partial charge in [-0.25, -0.2) is 9.97 Å². The van der Waals surface area contributed by atoms with Crippen LogP contribution in [-0.2, 0) is 4.79 Å². The molecule has 2 fully saturated rings. The van der Waals surface area contributed by atoms with Gasteiger partial charge in [-0.15, -0.1) is 11.3 Å². The number of likely N-dealkylation sites (tertiary alicyclic amines) is 1. The quantitative estimate of drug-likeness (QED) is 0.408. The molecule has 4 aromatic rings. The van der Waals surface area contributed by atoms with Gasteiger partial charge in [0.2, 0.25) is 11.8 Å². The summed E-state index contributed by atoms with van der Waals surface area (Å²) in [5.74, 6) is -0.129. The van der Waals surface area contributed by atoms with E-state index in [1.165, 1.54) is 16.2 Å². The topological polar surface area (TPSA) is 99.9 Å². The SMILES string of the molecule is O=C(c1ccc2nc(-c3ccccc3)oc2c1)N1CC(N2CCN(C(=O)c3nccs3)C(=O)C2)C1. The lowest BCUT2D eigenvalue weighted by Gasteiger charge is -2.47. The highest BCUT2D eigenvalue weighted by atomic mass is 32.1. The molecule has 0 radical (unpaired) electrons. The molecule has 10 heteroatoms. The molecule has 35 heavy (non-hydrogen) atoms. The summed E-state index contributed by atoms with van der Waals surface area (Å²) in [6.45, 7) is 2.15. The molecule has 0 N–H and O–H groups in total. The van der Waals surface area contributed by atoms with Gasteiger partial charge in [0, 0.05) is 54.9 Å². The Kier molecular flexibility index (Phi) is 5.39. The highest BCUT2D eigenvalue weighted by molar-refractivity contribution is 7.11. The summed E-state index contributed by atoms with van der Waals surface area (Å²) in [5, 5.41) is 2.04. The number of benzene rings is 2. The monoisotopic (exact) mass is 487 g/mol. The van der Waals surface area contributed by atoms with E-state index < -0.39 is 0 Å². The predicted molar refractivity (Wildman–Crippen MR) is 129 cm³/mol. The van der Waals surface area contributed by atoms with Crippen molar-refractivity contribution < 1.29 is 18.8 Å². The number of aromatic nitrogens is 2. The zero-order valence-electron chi connectivity index (χ0n) is 18.7. The number of nitrogens with zero attached hydrogens (tertiary/aromatic N) is 5. The lowest BCUT2D eigenvalue weighted by molar-refractivity contribution is -0.135. The van der Waals surface area contributed by atoms with Crippen molar-refractivity contribution in [1.82, 2.24) is 24.7 Å². The molecular formula is C25H21N5O4S. The van der Waals surface area contributed by atoms with Gasteiger partial charge >= 0.3 is 0 Å². The van der Waals surface area contributed by atoms with Gasteiger partial charge in [-0.05, 0) is 30.3 Å². The molecule has 0 atom stereocenters. The fraction of sp³-hybridized carbons (Fsp3) is 0.240. The number of imide groups is 1. The van der Waals surface area contributed by atoms with Gasteiger partial charge in [-0.3, -0.25) is 24.2 Å². The zero-order chi connectivity index (χ0) is 23.9. The second-order valence-electron chi connectivity index (χ2n) is 8.59. The molecule has 9 nitrogen and oxygen atoms in total. The first-order valence-electron chi connectivity index (χ1n) is 11.3. The molecule has 2 aromatic carbocycles. The van der Waals surface area contributed by atoms with Crippen LogP contribution < -0.4 is 0 Å². The Morgan fingerprint density at radius 3 is 2.60 bits per heavy atom. The highest BCUT2D eigenvalue weighted by Gasteiger charge is 2.40. The zero-order valence-corrected chi connectivity index (χ0v) is 19.5. The fourth-order valence-electron chi connectivity index (χ4n) is 4.46. The van der Waals surface area contributed by atoms with Crippen LogP contribution in [0.25, 0.3) is 22.6 Å². The molecule has 2 saturated heterocycles. The van der Waals surface area contributed by atoms with Crippen molar-refractivity contribution in [3.05, 3.63) is 70.7 Å². The van der Waals surface area contributed by atoms with Crippen molar-refractivity contribution in [2.75, 3.05) is 32.7 Å². The van der Waals surface area contributed by atoms with Crippen molar-refractivity contribution in [3.8, 4) is 11.5 Å². The second-order valence-corrected chi connectivity index (χ2v) is 9.48. The number of hydrogen-bond acceptors (Lipinski definition) is 8. The predicted octanol–water partition coefficient (Wildman–Crippen LogP) is 2.76. The maximum Gasteiger partial charge on any atom is 0.289 e. The summed E-state index contributed by atoms with van der Waals surface area (Å²) in [6.07, 6.45) is 1.56. The van der Waals surface area contributed by atoms with Crippen molar-refractivity contribution in [2.45, 2.75) is 6.04 Å². The average molecular weight is 488 g/mol. The van der Waals surface area contributed by atoms with Crippen LogP contribution in [-0.4, -0.2) is 81.2 Å². The van der Waals surface area contributed by atoms with E-state index in [4.69, 9.17) is 4.42 Å². The van der Waals surface area contributed by atoms with E-state index in [1.54, 1.807) is 34.7 Å². The van der Waals surface area contributed by atoms with E-state index in [-0.39, 0.29) is 30.3 Å². The Bertz CT molecular complexity index is 1410. The average Bonchev–Trinajstić information content (AvgIpc) is 3.53. The molecule has 2 aromatic heterocycles. The van der Waals surface area contributed by atoms with Crippen LogP contribution in [0.4, 0.5) is 0 Å². The molecule has 2 aliphatic rings. The summed E-state index contributed by atoms with van der Waals surface area (Å²) < 4.78 is 5.90. The Labute approximate surface area is 204 Å². The van der Waals surface area contributed by atoms with E-state index in [9.17, 15) is 14.4 Å². The number of amides is 3. The standard InChI is InChI=1S/C25H21N5O4S/c31-21-15-28(9-10-30(21)25(33)23-26-8-11-35-23)18-13-29(14-18)24(32)17-6-7-19-20(12-17)34-22(27-19)16-4-2-1-3-5-16/h1-8,11-12,18H,9-10,13-15H2. The number of carbonyl (C=O) groups excluding carboxylic acids is 3. The second kappa shape index (κ2) is 8.71. The minimum Gasteiger partial charge on any atom is -0.436 e. The number of oxazole rings is 1. The summed E-state index contributed by atoms with van der Waals surface area (Å²) in [5.41, 5.74) is 2.69. The lowest BCUT2D eigenvalue weighted by Crippen LogP contribution is -2.65. The number of thiazole rings is 1. The normalized spacial score (nSPS) is 17.1. The molecule has 0 spiro atoms. The first-order chi connectivity index (χ1) is 17.1. The maximum absolute atomic E-state index is 13.0. The molecule has 0 aliphatic carbocycles. The fourth-order valence-corrected chi connectivity index (χ4v) is 5.04. The third-order valence-electron chi connectivity index (χ3n) is 6.43. The summed E-state index contributed by atoms with van der Waals surface area (Å²) >= 11 is 1.23. The molecule has 2 aliphatic heterocycles. The summed E-state index contributed by atoms with van der Waals surface area (Å²) in [7, 11) is 0. The van der Waals surface area contributed by atoms with E-state index >= 15 is 0 Å². The molecular weight excluding hydrogens is 466 g/mol. The van der Waals surface area contributed by atoms with Crippen molar-refractivity contribution in [3.63, 3.8) is 0 Å². The number of rotatable bonds is 4. The van der Waals surface area contributed by atoms with E-state index in [0.717, 1.165) is 5.56 Å². The van der Waals surface area contributed by atoms with Crippen molar-refractivity contribution in [2.24, 2.45) is 0 Å². The number of carbonyl (C=O) groups is 3. The van der Waals surface area contributed by atoms with Gasteiger partial charge in [0.15, 0.2) is 10.6 Å². The van der Waals surface area contributed by atoms with E-state index in [1.807, 2.05) is 35.2 Å². The Morgan fingerprint density at radius 2 is 1.86 bits per heavy atom. The van der Waals surface area contributed by atoms with Crippen LogP contribution in [0.2, 0.25) is 0 Å². The van der Waals surface area contributed by atoms with Crippen LogP contribution in [0.1, 0.15) is 20.2 Å². The third kappa shape index (κ3) is 4.00. The van der Waals surface area contributed by atoms with Gasteiger partial charge in [0.1, 0.15) is 5.52 Å². The molecule has 6 rings (SSSR count). The largest absolute Gasteiger partial charge is 0.436 e. The Hall–Kier alpha value is -3.89. The van der Waals surface area contributed by atoms with E-state index in [0.29, 0.717) is 53.7 Å². The molecule has 0 bridgehead atoms. The Balaban J connectivity index is 1.08. The highest BCUT2D eigenvalue weighted by Crippen LogP contribution is 2.26. The molecule has 4 heterocycles. The third-order valence-corrected chi connectivity index (χ3v) is 7.19. The van der Waals surface area contributed by atoms with Crippen LogP contribution in [0.5, 0.6) is 0 Å². The molecule has 3 amide bonds. The van der Waals surface area contributed by atoms with Crippen LogP contribution in [0.3, 0.4) is 0 Å². The first kappa shape index (κ1) is 21.6. The Morgan fingerprint density at radius 1 is 1.03 bits per heavy atom. The van der Waals surface area contributed by atoms with Crippen molar-refractivity contribution in [1.29, 1.82) is 0 Å². The van der Waals surface area contributed by atoms with Crippen LogP contribution in [0.15, 0.2) is 64.5 Å². The van der Waals surface area contributed by atoms with Crippen molar-refractivity contribution >= 4 is 40.2 Å². The van der Waals surface area contributed by atoms with Gasteiger partial charge in [-0.2, -0.15) is 0 Å². The van der Waals surface area contributed by atoms with Gasteiger partial charge < -0.3 is 9.32 Å². The maximum atomic E-state index is 13.0. The molecule has 176 valence electrons. The van der Waals surface area contributed by atoms with Gasteiger partial charge in [0.05, 0.1) is 6.54 Å². The number of fused-ring (bicyclic) bond motifs is 1. The van der Waals surface area contributed by atoms with Crippen LogP contribution >= 0.6 is 11.3 Å². The number of hydrogen-bond donors (Lipinski definition) is 0. The van der Waals surface area contributed by atoms with E-state index in [2.05, 4.69) is 9.97 Å². The van der Waals surface area contributed by atoms with Gasteiger partial charge in [0.25, 0.3) is 11.8 Å². The summed E-state index contributed by atoms with van der Waals surface area (Å²) in [4.78, 5) is 51.7. The lowest BCUT2D eigenvalue weighted by atomic mass is 10.0. The molecule has 0 unspecified atom stereocenters. The first-order valence-corrected chi connectivity index (χ1v) is 12.2. The van der Waals surface area contributed by atoms with Crippen LogP contribution in [0, 0.1) is 0 Å². The summed E-state index contributed by atoms with van der Waals surface area (Å²) in [6, 6.07) is 15.0. The minimum atomic E-state index is -0.340. The molecule has 0 saturated carbocycles. The number of piperazine rings is 1. The smallest absolute Gasteiger partial charge is 0.289 e. The van der Waals surface area contributed by atoms with Gasteiger partial charge in [-0.1, -0.05) is 18.2 Å². The minimum absolute atomic E-state index is 0.0790.